The fourth-order valence-corrected chi connectivity index (χ4v) is 4.38. The highest BCUT2D eigenvalue weighted by atomic mass is 32.1. The van der Waals surface area contributed by atoms with Gasteiger partial charge in [-0.1, -0.05) is 18.2 Å². The van der Waals surface area contributed by atoms with Gasteiger partial charge in [-0.15, -0.1) is 11.3 Å². The molecule has 1 amide bonds. The molecule has 1 aliphatic rings. The molecule has 4 nitrogen and oxygen atoms in total. The number of anilines is 2. The van der Waals surface area contributed by atoms with Crippen LogP contribution in [0, 0.1) is 6.92 Å². The molecule has 1 saturated heterocycles. The van der Waals surface area contributed by atoms with Crippen LogP contribution in [0.4, 0.5) is 11.4 Å². The number of likely N-dealkylation sites (N-methyl/N-ethyl adjacent to an activating group) is 1. The normalized spacial score (nSPS) is 15.4. The summed E-state index contributed by atoms with van der Waals surface area (Å²) < 4.78 is 1.14. The first-order chi connectivity index (χ1) is 12.6. The van der Waals surface area contributed by atoms with E-state index in [1.165, 1.54) is 22.6 Å². The summed E-state index contributed by atoms with van der Waals surface area (Å²) in [5.74, 6) is -0.0436. The van der Waals surface area contributed by atoms with Crippen LogP contribution in [0.1, 0.15) is 15.2 Å². The Morgan fingerprint density at radius 3 is 2.54 bits per heavy atom. The molecule has 0 bridgehead atoms. The molecule has 26 heavy (non-hydrogen) atoms. The Morgan fingerprint density at radius 1 is 1.04 bits per heavy atom. The second-order valence-corrected chi connectivity index (χ2v) is 7.98. The van der Waals surface area contributed by atoms with Crippen molar-refractivity contribution in [1.82, 2.24) is 4.90 Å². The van der Waals surface area contributed by atoms with E-state index in [1.54, 1.807) is 0 Å². The molecular weight excluding hydrogens is 342 g/mol. The van der Waals surface area contributed by atoms with Gasteiger partial charge in [0.15, 0.2) is 0 Å². The van der Waals surface area contributed by atoms with Gasteiger partial charge in [0.1, 0.15) is 0 Å². The molecule has 1 aliphatic heterocycles. The molecule has 134 valence electrons. The Balaban J connectivity index is 1.49. The number of amides is 1. The first kappa shape index (κ1) is 17.1. The standard InChI is InChI=1S/C21H23N3OS/c1-15-13-17(7-8-18(15)24-11-9-23(2)10-12-24)22-21(25)20-14-16-5-3-4-6-19(16)26-20/h3-8,13-14H,9-12H2,1-2H3,(H,22,25). The number of hydrogen-bond donors (Lipinski definition) is 1. The number of rotatable bonds is 3. The number of hydrogen-bond acceptors (Lipinski definition) is 4. The molecule has 2 aromatic carbocycles. The highest BCUT2D eigenvalue weighted by molar-refractivity contribution is 7.20. The smallest absolute Gasteiger partial charge is 0.265 e. The van der Waals surface area contributed by atoms with Crippen molar-refractivity contribution in [3.05, 3.63) is 59.0 Å². The average Bonchev–Trinajstić information content (AvgIpc) is 3.07. The summed E-state index contributed by atoms with van der Waals surface area (Å²) in [6.07, 6.45) is 0. The molecule has 1 aromatic heterocycles. The first-order valence-electron chi connectivity index (χ1n) is 8.94. The molecular formula is C21H23N3OS. The number of nitrogens with zero attached hydrogens (tertiary/aromatic N) is 2. The largest absolute Gasteiger partial charge is 0.369 e. The minimum atomic E-state index is -0.0436. The lowest BCUT2D eigenvalue weighted by Crippen LogP contribution is -2.44. The van der Waals surface area contributed by atoms with E-state index in [4.69, 9.17) is 0 Å². The monoisotopic (exact) mass is 365 g/mol. The van der Waals surface area contributed by atoms with Crippen molar-refractivity contribution < 1.29 is 4.79 Å². The van der Waals surface area contributed by atoms with Crippen LogP contribution < -0.4 is 10.2 Å². The van der Waals surface area contributed by atoms with Crippen molar-refractivity contribution in [2.75, 3.05) is 43.4 Å². The van der Waals surface area contributed by atoms with E-state index in [0.29, 0.717) is 0 Å². The molecule has 2 heterocycles. The van der Waals surface area contributed by atoms with E-state index in [2.05, 4.69) is 41.2 Å². The number of nitrogens with one attached hydrogen (secondary N) is 1. The number of fused-ring (bicyclic) bond motifs is 1. The SMILES string of the molecule is Cc1cc(NC(=O)c2cc3ccccc3s2)ccc1N1CCN(C)CC1. The zero-order valence-electron chi connectivity index (χ0n) is 15.2. The second kappa shape index (κ2) is 7.09. The van der Waals surface area contributed by atoms with Gasteiger partial charge in [0, 0.05) is 42.3 Å². The quantitative estimate of drug-likeness (QED) is 0.755. The molecule has 0 saturated carbocycles. The number of carbonyl (C=O) groups excluding carboxylic acids is 1. The van der Waals surface area contributed by atoms with Crippen LogP contribution >= 0.6 is 11.3 Å². The maximum Gasteiger partial charge on any atom is 0.265 e. The van der Waals surface area contributed by atoms with Gasteiger partial charge in [0.05, 0.1) is 4.88 Å². The number of aryl methyl sites for hydroxylation is 1. The van der Waals surface area contributed by atoms with Crippen molar-refractivity contribution in [1.29, 1.82) is 0 Å². The Hall–Kier alpha value is -2.37. The van der Waals surface area contributed by atoms with E-state index in [0.717, 1.165) is 46.8 Å². The predicted molar refractivity (Wildman–Crippen MR) is 111 cm³/mol. The van der Waals surface area contributed by atoms with Crippen molar-refractivity contribution in [3.63, 3.8) is 0 Å². The first-order valence-corrected chi connectivity index (χ1v) is 9.76. The van der Waals surface area contributed by atoms with Crippen LogP contribution in [0.25, 0.3) is 10.1 Å². The maximum absolute atomic E-state index is 12.6. The van der Waals surface area contributed by atoms with Crippen LogP contribution in [0.3, 0.4) is 0 Å². The second-order valence-electron chi connectivity index (χ2n) is 6.89. The third-order valence-corrected chi connectivity index (χ3v) is 6.06. The highest BCUT2D eigenvalue weighted by Crippen LogP contribution is 2.28. The molecule has 1 N–H and O–H groups in total. The van der Waals surface area contributed by atoms with Gasteiger partial charge in [-0.3, -0.25) is 4.79 Å². The zero-order chi connectivity index (χ0) is 18.1. The molecule has 3 aromatic rings. The summed E-state index contributed by atoms with van der Waals surface area (Å²) >= 11 is 1.53. The number of carbonyl (C=O) groups is 1. The third kappa shape index (κ3) is 3.45. The Morgan fingerprint density at radius 2 is 1.81 bits per heavy atom. The molecule has 0 unspecified atom stereocenters. The Kier molecular flexibility index (Phi) is 4.66. The fraction of sp³-hybridized carbons (Fsp3) is 0.286. The van der Waals surface area contributed by atoms with Gasteiger partial charge in [-0.25, -0.2) is 0 Å². The molecule has 0 spiro atoms. The van der Waals surface area contributed by atoms with Crippen molar-refractivity contribution in [2.45, 2.75) is 6.92 Å². The van der Waals surface area contributed by atoms with E-state index in [-0.39, 0.29) is 5.91 Å². The van der Waals surface area contributed by atoms with Gasteiger partial charge in [0.25, 0.3) is 5.91 Å². The molecule has 1 fully saturated rings. The topological polar surface area (TPSA) is 35.6 Å². The van der Waals surface area contributed by atoms with Crippen molar-refractivity contribution >= 4 is 38.7 Å². The average molecular weight is 366 g/mol. The number of piperazine rings is 1. The Bertz CT molecular complexity index is 908. The maximum atomic E-state index is 12.6. The molecule has 0 aliphatic carbocycles. The third-order valence-electron chi connectivity index (χ3n) is 4.95. The van der Waals surface area contributed by atoms with Crippen molar-refractivity contribution in [3.8, 4) is 0 Å². The summed E-state index contributed by atoms with van der Waals surface area (Å²) in [5, 5.41) is 4.16. The highest BCUT2D eigenvalue weighted by Gasteiger charge is 2.16. The lowest BCUT2D eigenvalue weighted by Gasteiger charge is -2.35. The van der Waals surface area contributed by atoms with Crippen LogP contribution in [0.5, 0.6) is 0 Å². The van der Waals surface area contributed by atoms with Gasteiger partial charge in [0.2, 0.25) is 0 Å². The van der Waals surface area contributed by atoms with Crippen LogP contribution in [0.2, 0.25) is 0 Å². The summed E-state index contributed by atoms with van der Waals surface area (Å²) in [5.41, 5.74) is 3.31. The van der Waals surface area contributed by atoms with E-state index in [1.807, 2.05) is 36.4 Å². The predicted octanol–water partition coefficient (Wildman–Crippen LogP) is 4.21. The van der Waals surface area contributed by atoms with Crippen LogP contribution in [-0.4, -0.2) is 44.0 Å². The van der Waals surface area contributed by atoms with Crippen molar-refractivity contribution in [2.24, 2.45) is 0 Å². The van der Waals surface area contributed by atoms with E-state index < -0.39 is 0 Å². The lowest BCUT2D eigenvalue weighted by atomic mass is 10.1. The van der Waals surface area contributed by atoms with Crippen LogP contribution in [-0.2, 0) is 0 Å². The zero-order valence-corrected chi connectivity index (χ0v) is 16.0. The minimum absolute atomic E-state index is 0.0436. The van der Waals surface area contributed by atoms with Crippen LogP contribution in [0.15, 0.2) is 48.5 Å². The Labute approximate surface area is 158 Å². The summed E-state index contributed by atoms with van der Waals surface area (Å²) in [7, 11) is 2.16. The molecule has 0 atom stereocenters. The van der Waals surface area contributed by atoms with Gasteiger partial charge >= 0.3 is 0 Å². The summed E-state index contributed by atoms with van der Waals surface area (Å²) in [4.78, 5) is 18.1. The number of benzene rings is 2. The minimum Gasteiger partial charge on any atom is -0.369 e. The molecule has 5 heteroatoms. The van der Waals surface area contributed by atoms with Gasteiger partial charge < -0.3 is 15.1 Å². The van der Waals surface area contributed by atoms with Gasteiger partial charge in [-0.05, 0) is 55.3 Å². The molecule has 4 rings (SSSR count). The van der Waals surface area contributed by atoms with E-state index >= 15 is 0 Å². The van der Waals surface area contributed by atoms with Gasteiger partial charge in [-0.2, -0.15) is 0 Å². The summed E-state index contributed by atoms with van der Waals surface area (Å²) in [6, 6.07) is 16.2. The molecule has 0 radical (unpaired) electrons. The van der Waals surface area contributed by atoms with E-state index in [9.17, 15) is 4.79 Å². The lowest BCUT2D eigenvalue weighted by molar-refractivity contribution is 0.103. The summed E-state index contributed by atoms with van der Waals surface area (Å²) in [6.45, 7) is 6.38. The number of thiophene rings is 1. The fourth-order valence-electron chi connectivity index (χ4n) is 3.42.